The van der Waals surface area contributed by atoms with Gasteiger partial charge in [0.2, 0.25) is 0 Å². The summed E-state index contributed by atoms with van der Waals surface area (Å²) in [6, 6.07) is 14.7. The summed E-state index contributed by atoms with van der Waals surface area (Å²) in [5.41, 5.74) is 1.53. The molecule has 1 heterocycles. The molecule has 2 aromatic carbocycles. The van der Waals surface area contributed by atoms with Crippen molar-refractivity contribution >= 4 is 11.9 Å². The number of aliphatic carboxylic acids is 1. The minimum Gasteiger partial charge on any atom is -0.493 e. The molecular formula is C27H35NO6. The number of carbonyl (C=O) groups is 2. The normalized spacial score (nSPS) is 15.2. The number of carbonyl (C=O) groups excluding carboxylic acids is 1. The molecule has 7 nitrogen and oxygen atoms in total. The van der Waals surface area contributed by atoms with Gasteiger partial charge in [-0.15, -0.1) is 0 Å². The van der Waals surface area contributed by atoms with E-state index in [2.05, 4.69) is 0 Å². The van der Waals surface area contributed by atoms with Crippen molar-refractivity contribution in [2.45, 2.75) is 52.2 Å². The molecule has 34 heavy (non-hydrogen) atoms. The van der Waals surface area contributed by atoms with Crippen molar-refractivity contribution < 1.29 is 28.9 Å². The van der Waals surface area contributed by atoms with Gasteiger partial charge in [0, 0.05) is 31.0 Å². The Labute approximate surface area is 201 Å². The highest BCUT2D eigenvalue weighted by molar-refractivity contribution is 5.94. The van der Waals surface area contributed by atoms with E-state index in [1.165, 1.54) is 0 Å². The molecule has 1 fully saturated rings. The molecule has 1 amide bonds. The van der Waals surface area contributed by atoms with E-state index in [-0.39, 0.29) is 24.3 Å². The summed E-state index contributed by atoms with van der Waals surface area (Å²) in [6.07, 6.45) is 1.38. The lowest BCUT2D eigenvalue weighted by Gasteiger charge is -2.18. The van der Waals surface area contributed by atoms with Gasteiger partial charge in [0.15, 0.2) is 6.10 Å². The first-order valence-corrected chi connectivity index (χ1v) is 11.9. The number of hydrogen-bond donors (Lipinski definition) is 1. The maximum atomic E-state index is 12.4. The Morgan fingerprint density at radius 2 is 1.59 bits per heavy atom. The second-order valence-electron chi connectivity index (χ2n) is 9.11. The largest absolute Gasteiger partial charge is 0.493 e. The monoisotopic (exact) mass is 469 g/mol. The Morgan fingerprint density at radius 1 is 0.941 bits per heavy atom. The Hall–Kier alpha value is -3.06. The van der Waals surface area contributed by atoms with Crippen molar-refractivity contribution in [1.82, 2.24) is 4.90 Å². The maximum Gasteiger partial charge on any atom is 0.333 e. The van der Waals surface area contributed by atoms with Gasteiger partial charge in [0.1, 0.15) is 11.5 Å². The van der Waals surface area contributed by atoms with Crippen molar-refractivity contribution in [3.63, 3.8) is 0 Å². The van der Waals surface area contributed by atoms with Crippen molar-refractivity contribution in [3.8, 4) is 11.5 Å². The molecule has 1 aliphatic rings. The molecule has 0 saturated carbocycles. The Bertz CT molecular complexity index is 936. The number of carboxylic acid groups (broad SMARTS) is 1. The summed E-state index contributed by atoms with van der Waals surface area (Å²) in [5, 5.41) is 9.38. The fraction of sp³-hybridized carbons (Fsp3) is 0.481. The van der Waals surface area contributed by atoms with E-state index < -0.39 is 12.1 Å². The van der Waals surface area contributed by atoms with E-state index in [4.69, 9.17) is 14.2 Å². The standard InChI is InChI=1S/C27H35NO6/c1-19(2)34-25(27(30)31)16-21-7-6-8-24(15-21)33-18-20(3)17-32-23-11-9-22(10-12-23)26(29)28-13-4-5-14-28/h6-12,15,19-20,25H,4-5,13-14,16-18H2,1-3H3,(H,30,31). The van der Waals surface area contributed by atoms with Gasteiger partial charge in [-0.05, 0) is 68.7 Å². The third-order valence-corrected chi connectivity index (χ3v) is 5.59. The molecule has 2 aromatic rings. The molecule has 0 aliphatic carbocycles. The smallest absolute Gasteiger partial charge is 0.333 e. The van der Waals surface area contributed by atoms with Gasteiger partial charge in [-0.3, -0.25) is 4.79 Å². The molecule has 0 bridgehead atoms. The number of ether oxygens (including phenoxy) is 3. The molecule has 0 spiro atoms. The third-order valence-electron chi connectivity index (χ3n) is 5.59. The van der Waals surface area contributed by atoms with Crippen LogP contribution >= 0.6 is 0 Å². The first-order valence-electron chi connectivity index (χ1n) is 11.9. The first-order chi connectivity index (χ1) is 16.3. The summed E-state index contributed by atoms with van der Waals surface area (Å²) in [4.78, 5) is 25.8. The van der Waals surface area contributed by atoms with Gasteiger partial charge in [-0.2, -0.15) is 0 Å². The van der Waals surface area contributed by atoms with Crippen molar-refractivity contribution in [2.75, 3.05) is 26.3 Å². The molecular weight excluding hydrogens is 434 g/mol. The van der Waals surface area contributed by atoms with Crippen LogP contribution in [0, 0.1) is 5.92 Å². The maximum absolute atomic E-state index is 12.4. The molecule has 1 saturated heterocycles. The minimum atomic E-state index is -0.973. The summed E-state index contributed by atoms with van der Waals surface area (Å²) in [5.74, 6) is 0.642. The second kappa shape index (κ2) is 12.4. The van der Waals surface area contributed by atoms with E-state index in [9.17, 15) is 14.7 Å². The predicted octanol–water partition coefficient (Wildman–Crippen LogP) is 4.44. The van der Waals surface area contributed by atoms with E-state index in [1.807, 2.05) is 74.2 Å². The van der Waals surface area contributed by atoms with E-state index in [0.29, 0.717) is 24.5 Å². The number of likely N-dealkylation sites (tertiary alicyclic amines) is 1. The van der Waals surface area contributed by atoms with Gasteiger partial charge >= 0.3 is 5.97 Å². The Balaban J connectivity index is 1.45. The van der Waals surface area contributed by atoms with E-state index in [0.717, 1.165) is 37.2 Å². The van der Waals surface area contributed by atoms with Crippen LogP contribution in [0.3, 0.4) is 0 Å². The SMILES string of the molecule is CC(COc1ccc(C(=O)N2CCCC2)cc1)COc1cccc(CC(OC(C)C)C(=O)O)c1. The van der Waals surface area contributed by atoms with Crippen LogP contribution in [0.4, 0.5) is 0 Å². The topological polar surface area (TPSA) is 85.3 Å². The van der Waals surface area contributed by atoms with Gasteiger partial charge in [0.05, 0.1) is 19.3 Å². The van der Waals surface area contributed by atoms with Crippen molar-refractivity contribution in [2.24, 2.45) is 5.92 Å². The highest BCUT2D eigenvalue weighted by Crippen LogP contribution is 2.19. The van der Waals surface area contributed by atoms with Crippen LogP contribution in [-0.4, -0.2) is 60.4 Å². The van der Waals surface area contributed by atoms with Crippen molar-refractivity contribution in [1.29, 1.82) is 0 Å². The average molecular weight is 470 g/mol. The lowest BCUT2D eigenvalue weighted by atomic mass is 10.1. The number of hydrogen-bond acceptors (Lipinski definition) is 5. The summed E-state index contributed by atoms with van der Waals surface area (Å²) in [7, 11) is 0. The predicted molar refractivity (Wildman–Crippen MR) is 130 cm³/mol. The van der Waals surface area contributed by atoms with Crippen molar-refractivity contribution in [3.05, 3.63) is 59.7 Å². The minimum absolute atomic E-state index is 0.0819. The highest BCUT2D eigenvalue weighted by atomic mass is 16.5. The molecule has 0 aromatic heterocycles. The van der Waals surface area contributed by atoms with Crippen LogP contribution in [0.5, 0.6) is 11.5 Å². The van der Waals surface area contributed by atoms with E-state index >= 15 is 0 Å². The van der Waals surface area contributed by atoms with E-state index in [1.54, 1.807) is 0 Å². The quantitative estimate of drug-likeness (QED) is 0.495. The van der Waals surface area contributed by atoms with Crippen LogP contribution in [0.1, 0.15) is 49.5 Å². The molecule has 2 atom stereocenters. The third kappa shape index (κ3) is 7.76. The molecule has 1 aliphatic heterocycles. The molecule has 1 N–H and O–H groups in total. The number of amides is 1. The van der Waals surface area contributed by atoms with Crippen LogP contribution in [0.25, 0.3) is 0 Å². The lowest BCUT2D eigenvalue weighted by Crippen LogP contribution is -2.29. The lowest BCUT2D eigenvalue weighted by molar-refractivity contribution is -0.153. The second-order valence-corrected chi connectivity index (χ2v) is 9.11. The molecule has 7 heteroatoms. The molecule has 2 unspecified atom stereocenters. The summed E-state index contributed by atoms with van der Waals surface area (Å²) in [6.45, 7) is 8.28. The average Bonchev–Trinajstić information content (AvgIpc) is 3.36. The number of carboxylic acids is 1. The molecule has 0 radical (unpaired) electrons. The van der Waals surface area contributed by atoms with Crippen LogP contribution in [0.2, 0.25) is 0 Å². The van der Waals surface area contributed by atoms with Gasteiger partial charge < -0.3 is 24.2 Å². The highest BCUT2D eigenvalue weighted by Gasteiger charge is 2.21. The summed E-state index contributed by atoms with van der Waals surface area (Å²) < 4.78 is 17.3. The Morgan fingerprint density at radius 3 is 2.21 bits per heavy atom. The van der Waals surface area contributed by atoms with Gasteiger partial charge in [0.25, 0.3) is 5.91 Å². The number of nitrogens with zero attached hydrogens (tertiary/aromatic N) is 1. The zero-order valence-electron chi connectivity index (χ0n) is 20.2. The zero-order chi connectivity index (χ0) is 24.5. The van der Waals surface area contributed by atoms with Crippen LogP contribution in [0.15, 0.2) is 48.5 Å². The van der Waals surface area contributed by atoms with Gasteiger partial charge in [-0.1, -0.05) is 19.1 Å². The summed E-state index contributed by atoms with van der Waals surface area (Å²) >= 11 is 0. The fourth-order valence-corrected chi connectivity index (χ4v) is 3.82. The van der Waals surface area contributed by atoms with Gasteiger partial charge in [-0.25, -0.2) is 4.79 Å². The fourth-order valence-electron chi connectivity index (χ4n) is 3.82. The molecule has 184 valence electrons. The number of rotatable bonds is 12. The molecule has 3 rings (SSSR count). The van der Waals surface area contributed by atoms with Crippen LogP contribution < -0.4 is 9.47 Å². The van der Waals surface area contributed by atoms with Crippen LogP contribution in [-0.2, 0) is 16.0 Å². The Kier molecular flexibility index (Phi) is 9.33. The zero-order valence-corrected chi connectivity index (χ0v) is 20.2. The number of benzene rings is 2. The first kappa shape index (κ1) is 25.6.